The number of hydrogen-bond acceptors (Lipinski definition) is 7. The van der Waals surface area contributed by atoms with Crippen LogP contribution in [0.1, 0.15) is 39.2 Å². The van der Waals surface area contributed by atoms with Crippen molar-refractivity contribution < 1.29 is 29.2 Å². The largest absolute Gasteiger partial charge is 0.506 e. The van der Waals surface area contributed by atoms with Gasteiger partial charge in [-0.3, -0.25) is 4.79 Å². The number of ether oxygens (including phenoxy) is 3. The number of aliphatic hydroxyl groups is 1. The molecule has 2 aromatic heterocycles. The number of aromatic hydroxyl groups is 1. The van der Waals surface area contributed by atoms with Gasteiger partial charge in [0.15, 0.2) is 5.56 Å². The molecule has 2 N–H and O–H groups in total. The van der Waals surface area contributed by atoms with Crippen molar-refractivity contribution in [1.82, 2.24) is 9.13 Å². The lowest BCUT2D eigenvalue weighted by molar-refractivity contribution is 0.0594. The minimum absolute atomic E-state index is 0.0775. The number of aromatic nitrogens is 2. The van der Waals surface area contributed by atoms with E-state index in [4.69, 9.17) is 14.2 Å². The number of benzene rings is 2. The summed E-state index contributed by atoms with van der Waals surface area (Å²) in [6, 6.07) is 11.1. The number of carbonyl (C=O) groups is 1. The van der Waals surface area contributed by atoms with E-state index in [2.05, 4.69) is 4.57 Å². The molecular weight excluding hydrogens is 488 g/mol. The molecule has 2 aromatic carbocycles. The first kappa shape index (κ1) is 25.4. The Morgan fingerprint density at radius 3 is 2.53 bits per heavy atom. The number of fused-ring (bicyclic) bond motifs is 5. The fourth-order valence-corrected chi connectivity index (χ4v) is 5.51. The summed E-state index contributed by atoms with van der Waals surface area (Å²) in [4.78, 5) is 26.7. The maximum atomic E-state index is 14.0. The summed E-state index contributed by atoms with van der Waals surface area (Å²) >= 11 is 0. The molecule has 0 fully saturated rings. The summed E-state index contributed by atoms with van der Waals surface area (Å²) in [5.41, 5.74) is 4.20. The smallest absolute Gasteiger partial charge is 0.347 e. The highest BCUT2D eigenvalue weighted by Crippen LogP contribution is 2.43. The van der Waals surface area contributed by atoms with E-state index in [-0.39, 0.29) is 18.9 Å². The first-order valence-corrected chi connectivity index (χ1v) is 12.3. The predicted molar refractivity (Wildman–Crippen MR) is 142 cm³/mol. The molecule has 0 unspecified atom stereocenters. The average Bonchev–Trinajstić information content (AvgIpc) is 3.07. The van der Waals surface area contributed by atoms with Gasteiger partial charge in [0.1, 0.15) is 17.2 Å². The molecule has 4 aromatic rings. The van der Waals surface area contributed by atoms with Crippen molar-refractivity contribution in [2.75, 3.05) is 21.3 Å². The monoisotopic (exact) mass is 518 g/mol. The topological polar surface area (TPSA) is 112 Å². The van der Waals surface area contributed by atoms with E-state index in [1.807, 2.05) is 31.3 Å². The molecule has 198 valence electrons. The summed E-state index contributed by atoms with van der Waals surface area (Å²) in [5.74, 6) is -0.119. The molecule has 38 heavy (non-hydrogen) atoms. The zero-order chi connectivity index (χ0) is 27.1. The van der Waals surface area contributed by atoms with E-state index in [0.29, 0.717) is 47.6 Å². The van der Waals surface area contributed by atoms with Gasteiger partial charge in [-0.2, -0.15) is 0 Å². The lowest BCUT2D eigenvalue weighted by Crippen LogP contribution is -2.30. The van der Waals surface area contributed by atoms with E-state index in [0.717, 1.165) is 27.7 Å². The Balaban J connectivity index is 1.89. The van der Waals surface area contributed by atoms with Gasteiger partial charge < -0.3 is 33.6 Å². The highest BCUT2D eigenvalue weighted by atomic mass is 16.5. The average molecular weight is 519 g/mol. The first-order chi connectivity index (χ1) is 18.3. The predicted octanol–water partition coefficient (Wildman–Crippen LogP) is 3.55. The zero-order valence-electron chi connectivity index (χ0n) is 21.8. The number of rotatable bonds is 6. The van der Waals surface area contributed by atoms with Gasteiger partial charge in [0.2, 0.25) is 0 Å². The fraction of sp³-hybridized carbons (Fsp3) is 0.310. The van der Waals surface area contributed by atoms with Crippen LogP contribution in [0.15, 0.2) is 41.2 Å². The number of nitrogens with zero attached hydrogens (tertiary/aromatic N) is 2. The second-order valence-electron chi connectivity index (χ2n) is 9.36. The standard InChI is InChI=1S/C29H30N2O7/c1-30-21-11-8-16(15-32)12-20(21)24-22(30)7-5-6-19-26(24)31(28(34)25(27(19)33)29(35)38-4)14-17-9-10-18(36-2)13-23(17)37-3/h8-13,32-33H,5-7,14-15H2,1-4H3. The lowest BCUT2D eigenvalue weighted by Gasteiger charge is -2.21. The van der Waals surface area contributed by atoms with Gasteiger partial charge in [-0.05, 0) is 49.1 Å². The van der Waals surface area contributed by atoms with Crippen LogP contribution in [0.2, 0.25) is 0 Å². The minimum atomic E-state index is -0.893. The molecule has 1 aliphatic rings. The second kappa shape index (κ2) is 9.90. The van der Waals surface area contributed by atoms with Gasteiger partial charge in [-0.25, -0.2) is 4.79 Å². The number of pyridine rings is 1. The third kappa shape index (κ3) is 3.90. The van der Waals surface area contributed by atoms with E-state index >= 15 is 0 Å². The molecule has 2 heterocycles. The maximum absolute atomic E-state index is 14.0. The molecule has 0 spiro atoms. The van der Waals surface area contributed by atoms with Crippen LogP contribution in [0, 0.1) is 0 Å². The Hall–Kier alpha value is -4.24. The van der Waals surface area contributed by atoms with Crippen molar-refractivity contribution in [1.29, 1.82) is 0 Å². The molecule has 1 aliphatic carbocycles. The van der Waals surface area contributed by atoms with Crippen LogP contribution < -0.4 is 15.0 Å². The Morgan fingerprint density at radius 1 is 1.05 bits per heavy atom. The Bertz CT molecular complexity index is 1630. The molecule has 0 radical (unpaired) electrons. The molecule has 0 saturated carbocycles. The van der Waals surface area contributed by atoms with Crippen molar-refractivity contribution >= 4 is 16.9 Å². The van der Waals surface area contributed by atoms with Gasteiger partial charge in [0.25, 0.3) is 5.56 Å². The van der Waals surface area contributed by atoms with Crippen molar-refractivity contribution in [2.45, 2.75) is 32.4 Å². The van der Waals surface area contributed by atoms with Gasteiger partial charge in [0, 0.05) is 46.4 Å². The molecule has 9 heteroatoms. The van der Waals surface area contributed by atoms with E-state index < -0.39 is 17.1 Å². The molecule has 0 atom stereocenters. The molecule has 0 amide bonds. The minimum Gasteiger partial charge on any atom is -0.506 e. The third-order valence-electron chi connectivity index (χ3n) is 7.39. The number of carbonyl (C=O) groups excluding carboxylic acids is 1. The Kier molecular flexibility index (Phi) is 6.62. The number of aliphatic hydroxyl groups excluding tert-OH is 1. The number of hydrogen-bond donors (Lipinski definition) is 2. The number of esters is 1. The summed E-state index contributed by atoms with van der Waals surface area (Å²) in [7, 11) is 6.26. The van der Waals surface area contributed by atoms with Crippen molar-refractivity contribution in [3.05, 3.63) is 74.7 Å². The van der Waals surface area contributed by atoms with Crippen LogP contribution in [-0.2, 0) is 37.8 Å². The zero-order valence-corrected chi connectivity index (χ0v) is 21.8. The highest BCUT2D eigenvalue weighted by molar-refractivity contribution is 6.00. The van der Waals surface area contributed by atoms with Crippen LogP contribution in [-0.4, -0.2) is 46.6 Å². The lowest BCUT2D eigenvalue weighted by atomic mass is 9.98. The van der Waals surface area contributed by atoms with Gasteiger partial charge in [-0.1, -0.05) is 6.07 Å². The Labute approximate surface area is 219 Å². The van der Waals surface area contributed by atoms with Crippen molar-refractivity contribution in [3.63, 3.8) is 0 Å². The van der Waals surface area contributed by atoms with Crippen LogP contribution in [0.3, 0.4) is 0 Å². The summed E-state index contributed by atoms with van der Waals surface area (Å²) in [6.07, 6.45) is 1.87. The summed E-state index contributed by atoms with van der Waals surface area (Å²) < 4.78 is 19.4. The van der Waals surface area contributed by atoms with Gasteiger partial charge in [-0.15, -0.1) is 0 Å². The Morgan fingerprint density at radius 2 is 1.84 bits per heavy atom. The number of aryl methyl sites for hydroxylation is 1. The SMILES string of the molecule is COC(=O)c1c(O)c2c(n(Cc3ccc(OC)cc3OC)c1=O)-c1c(n(C)c3ccc(CO)cc13)CCC2. The highest BCUT2D eigenvalue weighted by Gasteiger charge is 2.32. The van der Waals surface area contributed by atoms with E-state index in [1.54, 1.807) is 19.2 Å². The number of methoxy groups -OCH3 is 3. The molecule has 0 bridgehead atoms. The normalized spacial score (nSPS) is 12.6. The molecule has 0 saturated heterocycles. The fourth-order valence-electron chi connectivity index (χ4n) is 5.51. The third-order valence-corrected chi connectivity index (χ3v) is 7.39. The van der Waals surface area contributed by atoms with Crippen LogP contribution >= 0.6 is 0 Å². The quantitative estimate of drug-likeness (QED) is 0.376. The van der Waals surface area contributed by atoms with E-state index in [9.17, 15) is 19.8 Å². The molecule has 0 aliphatic heterocycles. The van der Waals surface area contributed by atoms with Crippen LogP contribution in [0.4, 0.5) is 0 Å². The molecule has 9 nitrogen and oxygen atoms in total. The second-order valence-corrected chi connectivity index (χ2v) is 9.36. The molecule has 5 rings (SSSR count). The summed E-state index contributed by atoms with van der Waals surface area (Å²) in [5, 5.41) is 22.0. The molecular formula is C29H30N2O7. The van der Waals surface area contributed by atoms with Crippen molar-refractivity contribution in [2.24, 2.45) is 7.05 Å². The van der Waals surface area contributed by atoms with E-state index in [1.165, 1.54) is 18.8 Å². The summed E-state index contributed by atoms with van der Waals surface area (Å²) in [6.45, 7) is -0.0526. The first-order valence-electron chi connectivity index (χ1n) is 12.3. The maximum Gasteiger partial charge on any atom is 0.347 e. The van der Waals surface area contributed by atoms with Gasteiger partial charge >= 0.3 is 5.97 Å². The van der Waals surface area contributed by atoms with Crippen LogP contribution in [0.25, 0.3) is 22.2 Å². The van der Waals surface area contributed by atoms with Gasteiger partial charge in [0.05, 0.1) is 40.2 Å². The van der Waals surface area contributed by atoms with Crippen molar-refractivity contribution in [3.8, 4) is 28.5 Å². The van der Waals surface area contributed by atoms with Crippen LogP contribution in [0.5, 0.6) is 17.2 Å².